The van der Waals surface area contributed by atoms with Gasteiger partial charge in [-0.25, -0.2) is 4.68 Å². The van der Waals surface area contributed by atoms with Crippen LogP contribution in [0.5, 0.6) is 0 Å². The predicted molar refractivity (Wildman–Crippen MR) is 95.6 cm³/mol. The molecule has 6 nitrogen and oxygen atoms in total. The highest BCUT2D eigenvalue weighted by Gasteiger charge is 2.09. The number of non-ortho nitro benzene ring substituents is 1. The highest BCUT2D eigenvalue weighted by Crippen LogP contribution is 2.20. The van der Waals surface area contributed by atoms with Crippen molar-refractivity contribution in [2.45, 2.75) is 20.4 Å². The molecule has 6 heteroatoms. The van der Waals surface area contributed by atoms with Gasteiger partial charge in [0.05, 0.1) is 17.2 Å². The van der Waals surface area contributed by atoms with Crippen molar-refractivity contribution in [2.24, 2.45) is 0 Å². The molecule has 0 radical (unpaired) electrons. The third kappa shape index (κ3) is 3.63. The summed E-state index contributed by atoms with van der Waals surface area (Å²) in [5.74, 6) is 0. The maximum absolute atomic E-state index is 12.2. The van der Waals surface area contributed by atoms with Gasteiger partial charge in [0.15, 0.2) is 0 Å². The molecule has 1 heterocycles. The Hall–Kier alpha value is -3.28. The molecular formula is C19H17N3O3. The molecule has 0 amide bonds. The first-order chi connectivity index (χ1) is 11.9. The first kappa shape index (κ1) is 16.6. The van der Waals surface area contributed by atoms with Crippen LogP contribution in [0.15, 0.2) is 59.4 Å². The van der Waals surface area contributed by atoms with Crippen molar-refractivity contribution < 1.29 is 4.92 Å². The fourth-order valence-electron chi connectivity index (χ4n) is 2.60. The summed E-state index contributed by atoms with van der Waals surface area (Å²) < 4.78 is 1.42. The molecule has 0 unspecified atom stereocenters. The lowest BCUT2D eigenvalue weighted by atomic mass is 10.1. The molecule has 0 fully saturated rings. The molecule has 0 spiro atoms. The Bertz CT molecular complexity index is 992. The standard InChI is InChI=1S/C19H17N3O3/c1-13-3-4-14(2)16(11-13)12-21-19(23)10-9-18(20-21)15-5-7-17(8-6-15)22(24)25/h3-11H,12H2,1-2H3. The molecule has 25 heavy (non-hydrogen) atoms. The van der Waals surface area contributed by atoms with Crippen LogP contribution in [0.4, 0.5) is 5.69 Å². The number of rotatable bonds is 4. The van der Waals surface area contributed by atoms with Crippen molar-refractivity contribution in [1.29, 1.82) is 0 Å². The van der Waals surface area contributed by atoms with Crippen LogP contribution in [0.3, 0.4) is 0 Å². The molecule has 0 saturated heterocycles. The lowest BCUT2D eigenvalue weighted by Gasteiger charge is -2.10. The van der Waals surface area contributed by atoms with E-state index in [0.717, 1.165) is 22.3 Å². The quantitative estimate of drug-likeness (QED) is 0.540. The molecule has 2 aromatic carbocycles. The summed E-state index contributed by atoms with van der Waals surface area (Å²) in [6.45, 7) is 4.39. The fourth-order valence-corrected chi connectivity index (χ4v) is 2.60. The summed E-state index contributed by atoms with van der Waals surface area (Å²) in [4.78, 5) is 22.5. The average Bonchev–Trinajstić information content (AvgIpc) is 2.60. The van der Waals surface area contributed by atoms with Gasteiger partial charge in [0.2, 0.25) is 0 Å². The van der Waals surface area contributed by atoms with Gasteiger partial charge in [-0.3, -0.25) is 14.9 Å². The van der Waals surface area contributed by atoms with Crippen LogP contribution in [-0.2, 0) is 6.54 Å². The molecular weight excluding hydrogens is 318 g/mol. The fraction of sp³-hybridized carbons (Fsp3) is 0.158. The Morgan fingerprint density at radius 3 is 2.44 bits per heavy atom. The highest BCUT2D eigenvalue weighted by atomic mass is 16.6. The molecule has 126 valence electrons. The largest absolute Gasteiger partial charge is 0.269 e. The molecule has 3 aromatic rings. The normalized spacial score (nSPS) is 10.6. The van der Waals surface area contributed by atoms with Gasteiger partial charge in [-0.15, -0.1) is 0 Å². The summed E-state index contributed by atoms with van der Waals surface area (Å²) in [7, 11) is 0. The van der Waals surface area contributed by atoms with Crippen LogP contribution in [-0.4, -0.2) is 14.7 Å². The first-order valence-corrected chi connectivity index (χ1v) is 7.83. The van der Waals surface area contributed by atoms with E-state index in [2.05, 4.69) is 5.10 Å². The minimum atomic E-state index is -0.446. The van der Waals surface area contributed by atoms with Crippen LogP contribution in [0, 0.1) is 24.0 Å². The van der Waals surface area contributed by atoms with Gasteiger partial charge in [0.1, 0.15) is 0 Å². The van der Waals surface area contributed by atoms with E-state index in [0.29, 0.717) is 12.2 Å². The summed E-state index contributed by atoms with van der Waals surface area (Å²) in [5, 5.41) is 15.2. The zero-order valence-corrected chi connectivity index (χ0v) is 14.0. The molecule has 0 saturated carbocycles. The zero-order valence-electron chi connectivity index (χ0n) is 14.0. The van der Waals surface area contributed by atoms with E-state index >= 15 is 0 Å². The van der Waals surface area contributed by atoms with E-state index in [1.54, 1.807) is 18.2 Å². The first-order valence-electron chi connectivity index (χ1n) is 7.83. The highest BCUT2D eigenvalue weighted by molar-refractivity contribution is 5.60. The summed E-state index contributed by atoms with van der Waals surface area (Å²) in [5.41, 5.74) is 4.41. The van der Waals surface area contributed by atoms with E-state index < -0.39 is 4.92 Å². The van der Waals surface area contributed by atoms with Crippen molar-refractivity contribution in [1.82, 2.24) is 9.78 Å². The van der Waals surface area contributed by atoms with Crippen molar-refractivity contribution in [3.8, 4) is 11.3 Å². The van der Waals surface area contributed by atoms with Crippen LogP contribution in [0.25, 0.3) is 11.3 Å². The zero-order chi connectivity index (χ0) is 18.0. The van der Waals surface area contributed by atoms with Crippen molar-refractivity contribution >= 4 is 5.69 Å². The van der Waals surface area contributed by atoms with E-state index in [1.165, 1.54) is 22.9 Å². The van der Waals surface area contributed by atoms with Gasteiger partial charge in [-0.1, -0.05) is 23.8 Å². The minimum absolute atomic E-state index is 0.0208. The van der Waals surface area contributed by atoms with E-state index in [9.17, 15) is 14.9 Å². The molecule has 0 atom stereocenters. The molecule has 0 N–H and O–H groups in total. The third-order valence-electron chi connectivity index (χ3n) is 4.07. The predicted octanol–water partition coefficient (Wildman–Crippen LogP) is 3.48. The Balaban J connectivity index is 1.96. The van der Waals surface area contributed by atoms with Gasteiger partial charge in [0, 0.05) is 23.8 Å². The Kier molecular flexibility index (Phi) is 4.43. The SMILES string of the molecule is Cc1ccc(C)c(Cn2nc(-c3ccc([N+](=O)[O-])cc3)ccc2=O)c1. The van der Waals surface area contributed by atoms with Gasteiger partial charge in [-0.2, -0.15) is 5.10 Å². The molecule has 0 aliphatic heterocycles. The monoisotopic (exact) mass is 335 g/mol. The molecule has 0 aliphatic carbocycles. The number of benzene rings is 2. The second-order valence-electron chi connectivity index (χ2n) is 5.95. The number of hydrogen-bond donors (Lipinski definition) is 0. The topological polar surface area (TPSA) is 78.0 Å². The minimum Gasteiger partial charge on any atom is -0.268 e. The smallest absolute Gasteiger partial charge is 0.268 e. The van der Waals surface area contributed by atoms with Gasteiger partial charge in [-0.05, 0) is 43.2 Å². The molecule has 3 rings (SSSR count). The second-order valence-corrected chi connectivity index (χ2v) is 5.95. The number of nitro groups is 1. The number of aryl methyl sites for hydroxylation is 2. The number of nitrogens with zero attached hydrogens (tertiary/aromatic N) is 3. The molecule has 0 bridgehead atoms. The van der Waals surface area contributed by atoms with E-state index in [4.69, 9.17) is 0 Å². The Morgan fingerprint density at radius 1 is 1.04 bits per heavy atom. The van der Waals surface area contributed by atoms with Crippen LogP contribution in [0.2, 0.25) is 0 Å². The Morgan fingerprint density at radius 2 is 1.76 bits per heavy atom. The third-order valence-corrected chi connectivity index (χ3v) is 4.07. The van der Waals surface area contributed by atoms with Crippen molar-refractivity contribution in [3.63, 3.8) is 0 Å². The Labute approximate surface area is 144 Å². The number of hydrogen-bond acceptors (Lipinski definition) is 4. The van der Waals surface area contributed by atoms with Gasteiger partial charge >= 0.3 is 0 Å². The van der Waals surface area contributed by atoms with Gasteiger partial charge < -0.3 is 0 Å². The van der Waals surface area contributed by atoms with E-state index in [1.807, 2.05) is 32.0 Å². The van der Waals surface area contributed by atoms with E-state index in [-0.39, 0.29) is 11.2 Å². The lowest BCUT2D eigenvalue weighted by molar-refractivity contribution is -0.384. The average molecular weight is 335 g/mol. The maximum atomic E-state index is 12.2. The molecule has 0 aliphatic rings. The second kappa shape index (κ2) is 6.68. The maximum Gasteiger partial charge on any atom is 0.269 e. The van der Waals surface area contributed by atoms with Crippen LogP contribution in [0.1, 0.15) is 16.7 Å². The summed E-state index contributed by atoms with van der Waals surface area (Å²) >= 11 is 0. The van der Waals surface area contributed by atoms with Crippen molar-refractivity contribution in [3.05, 3.63) is 91.8 Å². The molecule has 1 aromatic heterocycles. The number of nitro benzene ring substituents is 1. The van der Waals surface area contributed by atoms with Crippen LogP contribution >= 0.6 is 0 Å². The lowest BCUT2D eigenvalue weighted by Crippen LogP contribution is -2.23. The summed E-state index contributed by atoms with van der Waals surface area (Å²) in [6, 6.07) is 15.3. The van der Waals surface area contributed by atoms with Gasteiger partial charge in [0.25, 0.3) is 11.2 Å². The number of aromatic nitrogens is 2. The van der Waals surface area contributed by atoms with Crippen molar-refractivity contribution in [2.75, 3.05) is 0 Å². The summed E-state index contributed by atoms with van der Waals surface area (Å²) in [6.07, 6.45) is 0. The van der Waals surface area contributed by atoms with Crippen LogP contribution < -0.4 is 5.56 Å².